The van der Waals surface area contributed by atoms with Gasteiger partial charge in [-0.2, -0.15) is 0 Å². The average Bonchev–Trinajstić information content (AvgIpc) is 1.66. The van der Waals surface area contributed by atoms with Gasteiger partial charge >= 0.3 is 8.25 Å². The normalized spacial score (nSPS) is 13.8. The fraction of sp³-hybridized carbons (Fsp3) is 1.00. The largest absolute Gasteiger partial charge is 0.396 e. The molecular formula is C3H9O4P. The van der Waals surface area contributed by atoms with Gasteiger partial charge in [0.2, 0.25) is 0 Å². The van der Waals surface area contributed by atoms with Crippen molar-refractivity contribution in [3.8, 4) is 0 Å². The second kappa shape index (κ2) is 5.25. The first-order valence-corrected chi connectivity index (χ1v) is 3.50. The van der Waals surface area contributed by atoms with E-state index in [-0.39, 0.29) is 13.2 Å². The first-order chi connectivity index (χ1) is 3.77. The second-order valence-corrected chi connectivity index (χ2v) is 2.01. The minimum Gasteiger partial charge on any atom is -0.396 e. The Balaban J connectivity index is 2.82. The molecule has 0 aliphatic heterocycles. The van der Waals surface area contributed by atoms with Gasteiger partial charge in [-0.3, -0.25) is 4.57 Å². The fourth-order valence-electron chi connectivity index (χ4n) is 0.224. The molecule has 50 valence electrons. The molecule has 0 radical (unpaired) electrons. The molecular weight excluding hydrogens is 131 g/mol. The van der Waals surface area contributed by atoms with E-state index in [1.807, 2.05) is 0 Å². The van der Waals surface area contributed by atoms with Gasteiger partial charge in [-0.25, -0.2) is 0 Å². The lowest BCUT2D eigenvalue weighted by Gasteiger charge is -1.93. The third-order valence-electron chi connectivity index (χ3n) is 0.528. The van der Waals surface area contributed by atoms with E-state index in [4.69, 9.17) is 10.00 Å². The Hall–Kier alpha value is 0.110. The molecule has 0 bridgehead atoms. The minimum absolute atomic E-state index is 0.00481. The maximum absolute atomic E-state index is 9.76. The van der Waals surface area contributed by atoms with Crippen molar-refractivity contribution in [2.75, 3.05) is 13.2 Å². The second-order valence-electron chi connectivity index (χ2n) is 1.19. The van der Waals surface area contributed by atoms with Gasteiger partial charge in [0.1, 0.15) is 0 Å². The molecule has 0 aliphatic rings. The van der Waals surface area contributed by atoms with Crippen LogP contribution >= 0.6 is 8.25 Å². The number of rotatable bonds is 4. The maximum Gasteiger partial charge on any atom is 0.316 e. The molecule has 0 spiro atoms. The van der Waals surface area contributed by atoms with Gasteiger partial charge < -0.3 is 14.5 Å². The Labute approximate surface area is 48.0 Å². The molecule has 0 amide bonds. The van der Waals surface area contributed by atoms with E-state index in [0.29, 0.717) is 6.42 Å². The lowest BCUT2D eigenvalue weighted by atomic mass is 10.5. The van der Waals surface area contributed by atoms with Gasteiger partial charge in [0, 0.05) is 6.61 Å². The smallest absolute Gasteiger partial charge is 0.316 e. The molecule has 0 aromatic heterocycles. The third-order valence-corrected chi connectivity index (χ3v) is 0.979. The third kappa shape index (κ3) is 6.11. The van der Waals surface area contributed by atoms with Gasteiger partial charge in [0.15, 0.2) is 0 Å². The van der Waals surface area contributed by atoms with Gasteiger partial charge in [-0.15, -0.1) is 0 Å². The molecule has 0 aromatic carbocycles. The predicted octanol–water partition coefficient (Wildman–Crippen LogP) is -0.233. The van der Waals surface area contributed by atoms with Gasteiger partial charge in [0.25, 0.3) is 0 Å². The van der Waals surface area contributed by atoms with Crippen molar-refractivity contribution in [2.24, 2.45) is 0 Å². The van der Waals surface area contributed by atoms with E-state index in [1.54, 1.807) is 0 Å². The first kappa shape index (κ1) is 8.11. The number of hydrogen-bond acceptors (Lipinski definition) is 3. The van der Waals surface area contributed by atoms with Gasteiger partial charge in [-0.1, -0.05) is 0 Å². The summed E-state index contributed by atoms with van der Waals surface area (Å²) in [5, 5.41) is 8.13. The molecule has 0 rings (SSSR count). The van der Waals surface area contributed by atoms with Crippen molar-refractivity contribution in [1.82, 2.24) is 0 Å². The van der Waals surface area contributed by atoms with Crippen LogP contribution in [0.15, 0.2) is 0 Å². The first-order valence-electron chi connectivity index (χ1n) is 2.24. The maximum atomic E-state index is 9.76. The minimum atomic E-state index is -2.77. The summed E-state index contributed by atoms with van der Waals surface area (Å²) in [6, 6.07) is 0. The van der Waals surface area contributed by atoms with Crippen LogP contribution in [0.1, 0.15) is 6.42 Å². The summed E-state index contributed by atoms with van der Waals surface area (Å²) in [6.45, 7) is 0.153. The molecule has 1 atom stereocenters. The monoisotopic (exact) mass is 140 g/mol. The van der Waals surface area contributed by atoms with Crippen molar-refractivity contribution >= 4 is 8.25 Å². The number of aliphatic hydroxyl groups is 1. The Morgan fingerprint density at radius 2 is 2.25 bits per heavy atom. The highest BCUT2D eigenvalue weighted by Crippen LogP contribution is 2.13. The Morgan fingerprint density at radius 3 is 2.62 bits per heavy atom. The molecule has 5 heteroatoms. The van der Waals surface area contributed by atoms with Crippen LogP contribution < -0.4 is 0 Å². The molecule has 1 unspecified atom stereocenters. The van der Waals surface area contributed by atoms with E-state index in [2.05, 4.69) is 4.52 Å². The van der Waals surface area contributed by atoms with E-state index in [9.17, 15) is 4.57 Å². The lowest BCUT2D eigenvalue weighted by molar-refractivity contribution is 0.224. The molecule has 0 aromatic rings. The molecule has 0 saturated heterocycles. The van der Waals surface area contributed by atoms with Crippen molar-refractivity contribution in [3.63, 3.8) is 0 Å². The van der Waals surface area contributed by atoms with Crippen molar-refractivity contribution in [2.45, 2.75) is 6.42 Å². The van der Waals surface area contributed by atoms with Gasteiger partial charge in [0.05, 0.1) is 6.61 Å². The molecule has 0 fully saturated rings. The Bertz CT molecular complexity index is 73.7. The van der Waals surface area contributed by atoms with E-state index < -0.39 is 8.25 Å². The Morgan fingerprint density at radius 1 is 1.62 bits per heavy atom. The summed E-state index contributed by atoms with van der Waals surface area (Å²) < 4.78 is 14.0. The highest BCUT2D eigenvalue weighted by atomic mass is 31.1. The van der Waals surface area contributed by atoms with Crippen LogP contribution in [-0.2, 0) is 9.09 Å². The molecule has 8 heavy (non-hydrogen) atoms. The number of hydrogen-bond donors (Lipinski definition) is 2. The molecule has 0 aliphatic carbocycles. The summed E-state index contributed by atoms with van der Waals surface area (Å²) in [6.07, 6.45) is 0.414. The summed E-state index contributed by atoms with van der Waals surface area (Å²) >= 11 is 0. The lowest BCUT2D eigenvalue weighted by Crippen LogP contribution is -1.89. The van der Waals surface area contributed by atoms with Crippen LogP contribution in [-0.4, -0.2) is 23.2 Å². The standard InChI is InChI=1S/C3H9O4P/c4-2-1-3-7-8(5)6/h4,8H,1-3H2,(H,5,6). The SMILES string of the molecule is O=[PH](O)OCCCO. The highest BCUT2D eigenvalue weighted by Gasteiger charge is 1.88. The van der Waals surface area contributed by atoms with Gasteiger partial charge in [-0.05, 0) is 6.42 Å². The quantitative estimate of drug-likeness (QED) is 0.418. The van der Waals surface area contributed by atoms with E-state index >= 15 is 0 Å². The molecule has 0 saturated carbocycles. The summed E-state index contributed by atoms with van der Waals surface area (Å²) in [7, 11) is -2.77. The molecule has 0 heterocycles. The van der Waals surface area contributed by atoms with Crippen molar-refractivity contribution in [1.29, 1.82) is 0 Å². The molecule has 4 nitrogen and oxygen atoms in total. The zero-order chi connectivity index (χ0) is 6.41. The van der Waals surface area contributed by atoms with Crippen molar-refractivity contribution < 1.29 is 19.1 Å². The zero-order valence-corrected chi connectivity index (χ0v) is 5.33. The predicted molar refractivity (Wildman–Crippen MR) is 28.9 cm³/mol. The Kier molecular flexibility index (Phi) is 5.32. The van der Waals surface area contributed by atoms with Crippen LogP contribution in [0.5, 0.6) is 0 Å². The highest BCUT2D eigenvalue weighted by molar-refractivity contribution is 7.32. The number of aliphatic hydroxyl groups excluding tert-OH is 1. The summed E-state index contributed by atoms with van der Waals surface area (Å²) in [5.74, 6) is 0. The summed E-state index contributed by atoms with van der Waals surface area (Å²) in [5.41, 5.74) is 0. The average molecular weight is 140 g/mol. The zero-order valence-electron chi connectivity index (χ0n) is 4.33. The van der Waals surface area contributed by atoms with Crippen LogP contribution in [0.4, 0.5) is 0 Å². The van der Waals surface area contributed by atoms with Crippen LogP contribution in [0.3, 0.4) is 0 Å². The van der Waals surface area contributed by atoms with E-state index in [1.165, 1.54) is 0 Å². The van der Waals surface area contributed by atoms with Crippen LogP contribution in [0.2, 0.25) is 0 Å². The van der Waals surface area contributed by atoms with E-state index in [0.717, 1.165) is 0 Å². The van der Waals surface area contributed by atoms with Crippen LogP contribution in [0.25, 0.3) is 0 Å². The molecule has 2 N–H and O–H groups in total. The van der Waals surface area contributed by atoms with Crippen LogP contribution in [0, 0.1) is 0 Å². The summed E-state index contributed by atoms with van der Waals surface area (Å²) in [4.78, 5) is 8.02. The topological polar surface area (TPSA) is 66.8 Å². The van der Waals surface area contributed by atoms with Crippen molar-refractivity contribution in [3.05, 3.63) is 0 Å². The fourth-order valence-corrected chi connectivity index (χ4v) is 0.543.